The largest absolute Gasteiger partial charge is 0.316 e. The lowest BCUT2D eigenvalue weighted by Gasteiger charge is -2.27. The minimum atomic E-state index is 0.616. The molecule has 0 spiro atoms. The molecular formula is C19H34N2. The van der Waals surface area contributed by atoms with Gasteiger partial charge < -0.3 is 5.32 Å². The summed E-state index contributed by atoms with van der Waals surface area (Å²) in [7, 11) is 2.22. The predicted octanol–water partition coefficient (Wildman–Crippen LogP) is 3.95. The maximum absolute atomic E-state index is 3.50. The van der Waals surface area contributed by atoms with Crippen molar-refractivity contribution in [2.75, 3.05) is 20.1 Å². The van der Waals surface area contributed by atoms with E-state index in [-0.39, 0.29) is 0 Å². The molecular weight excluding hydrogens is 256 g/mol. The van der Waals surface area contributed by atoms with Gasteiger partial charge in [-0.2, -0.15) is 0 Å². The van der Waals surface area contributed by atoms with Gasteiger partial charge in [0.05, 0.1) is 0 Å². The van der Waals surface area contributed by atoms with Crippen LogP contribution in [0.25, 0.3) is 0 Å². The third kappa shape index (κ3) is 7.10. The van der Waals surface area contributed by atoms with Gasteiger partial charge >= 0.3 is 0 Å². The van der Waals surface area contributed by atoms with Crippen LogP contribution in [0.4, 0.5) is 0 Å². The Labute approximate surface area is 131 Å². The second kappa shape index (κ2) is 9.22. The first-order chi connectivity index (χ1) is 9.90. The Morgan fingerprint density at radius 3 is 2.05 bits per heavy atom. The highest BCUT2D eigenvalue weighted by molar-refractivity contribution is 5.22. The number of rotatable bonds is 9. The Balaban J connectivity index is 2.39. The van der Waals surface area contributed by atoms with Crippen molar-refractivity contribution in [2.45, 2.75) is 53.6 Å². The second-order valence-electron chi connectivity index (χ2n) is 7.06. The molecule has 120 valence electrons. The molecule has 0 aliphatic rings. The van der Waals surface area contributed by atoms with E-state index in [9.17, 15) is 0 Å². The van der Waals surface area contributed by atoms with Crippen LogP contribution in [0.1, 0.15) is 45.7 Å². The van der Waals surface area contributed by atoms with Gasteiger partial charge in [-0.05, 0) is 56.4 Å². The summed E-state index contributed by atoms with van der Waals surface area (Å²) in [6, 6.07) is 9.73. The summed E-state index contributed by atoms with van der Waals surface area (Å²) in [5, 5.41) is 3.50. The summed E-state index contributed by atoms with van der Waals surface area (Å²) in [6.07, 6.45) is 1.12. The molecule has 0 heterocycles. The normalized spacial score (nSPS) is 13.4. The van der Waals surface area contributed by atoms with Crippen molar-refractivity contribution in [3.05, 3.63) is 35.4 Å². The van der Waals surface area contributed by atoms with E-state index in [0.717, 1.165) is 32.0 Å². The molecule has 1 rings (SSSR count). The maximum Gasteiger partial charge on any atom is 0.0233 e. The van der Waals surface area contributed by atoms with Crippen LogP contribution >= 0.6 is 0 Å². The molecule has 21 heavy (non-hydrogen) atoms. The Hall–Kier alpha value is -0.860. The Morgan fingerprint density at radius 1 is 0.952 bits per heavy atom. The number of nitrogens with zero attached hydrogens (tertiary/aromatic N) is 1. The van der Waals surface area contributed by atoms with Crippen LogP contribution in [-0.2, 0) is 13.0 Å². The molecule has 1 N–H and O–H groups in total. The molecule has 0 radical (unpaired) electrons. The zero-order chi connectivity index (χ0) is 15.8. The van der Waals surface area contributed by atoms with Crippen molar-refractivity contribution >= 4 is 0 Å². The second-order valence-corrected chi connectivity index (χ2v) is 7.06. The molecule has 0 aliphatic carbocycles. The highest BCUT2D eigenvalue weighted by atomic mass is 15.1. The first-order valence-electron chi connectivity index (χ1n) is 8.39. The van der Waals surface area contributed by atoms with Gasteiger partial charge in [-0.3, -0.25) is 4.90 Å². The van der Waals surface area contributed by atoms with E-state index in [4.69, 9.17) is 0 Å². The lowest BCUT2D eigenvalue weighted by atomic mass is 10.0. The monoisotopic (exact) mass is 290 g/mol. The van der Waals surface area contributed by atoms with Gasteiger partial charge in [0, 0.05) is 12.6 Å². The molecule has 0 fully saturated rings. The summed E-state index contributed by atoms with van der Waals surface area (Å²) >= 11 is 0. The minimum absolute atomic E-state index is 0.616. The van der Waals surface area contributed by atoms with E-state index in [1.165, 1.54) is 11.1 Å². The van der Waals surface area contributed by atoms with E-state index < -0.39 is 0 Å². The molecule has 0 saturated carbocycles. The van der Waals surface area contributed by atoms with E-state index in [1.54, 1.807) is 0 Å². The van der Waals surface area contributed by atoms with E-state index in [2.05, 4.69) is 76.1 Å². The van der Waals surface area contributed by atoms with Gasteiger partial charge in [-0.1, -0.05) is 52.0 Å². The molecule has 0 saturated heterocycles. The van der Waals surface area contributed by atoms with E-state index >= 15 is 0 Å². The SMILES string of the molecule is CC(C)CNCCc1ccc(CN(C)C(C)C(C)C)cc1. The van der Waals surface area contributed by atoms with Gasteiger partial charge in [-0.15, -0.1) is 0 Å². The first-order valence-corrected chi connectivity index (χ1v) is 8.39. The summed E-state index contributed by atoms with van der Waals surface area (Å²) in [4.78, 5) is 2.43. The van der Waals surface area contributed by atoms with Crippen molar-refractivity contribution in [3.8, 4) is 0 Å². The lowest BCUT2D eigenvalue weighted by Crippen LogP contribution is -2.32. The van der Waals surface area contributed by atoms with Crippen molar-refractivity contribution in [2.24, 2.45) is 11.8 Å². The van der Waals surface area contributed by atoms with Crippen molar-refractivity contribution < 1.29 is 0 Å². The number of hydrogen-bond donors (Lipinski definition) is 1. The van der Waals surface area contributed by atoms with Crippen molar-refractivity contribution in [3.63, 3.8) is 0 Å². The average Bonchev–Trinajstić information content (AvgIpc) is 2.44. The third-order valence-electron chi connectivity index (χ3n) is 4.26. The number of benzene rings is 1. The standard InChI is InChI=1S/C19H34N2/c1-15(2)13-20-12-11-18-7-9-19(10-8-18)14-21(6)17(5)16(3)4/h7-10,15-17,20H,11-14H2,1-6H3. The smallest absolute Gasteiger partial charge is 0.0233 e. The molecule has 2 nitrogen and oxygen atoms in total. The van der Waals surface area contributed by atoms with Crippen LogP contribution in [0.2, 0.25) is 0 Å². The Morgan fingerprint density at radius 2 is 1.52 bits per heavy atom. The topological polar surface area (TPSA) is 15.3 Å². The molecule has 1 aromatic rings. The van der Waals surface area contributed by atoms with Gasteiger partial charge in [0.25, 0.3) is 0 Å². The minimum Gasteiger partial charge on any atom is -0.316 e. The first kappa shape index (κ1) is 18.2. The van der Waals surface area contributed by atoms with Crippen LogP contribution in [0.15, 0.2) is 24.3 Å². The Bertz CT molecular complexity index is 381. The Kier molecular flexibility index (Phi) is 7.98. The fraction of sp³-hybridized carbons (Fsp3) is 0.684. The van der Waals surface area contributed by atoms with Crippen LogP contribution in [0, 0.1) is 11.8 Å². The van der Waals surface area contributed by atoms with Crippen LogP contribution in [-0.4, -0.2) is 31.1 Å². The predicted molar refractivity (Wildman–Crippen MR) is 93.6 cm³/mol. The maximum atomic E-state index is 3.50. The van der Waals surface area contributed by atoms with Crippen molar-refractivity contribution in [1.29, 1.82) is 0 Å². The van der Waals surface area contributed by atoms with E-state index in [1.807, 2.05) is 0 Å². The van der Waals surface area contributed by atoms with Gasteiger partial charge in [0.1, 0.15) is 0 Å². The van der Waals surface area contributed by atoms with Gasteiger partial charge in [0.2, 0.25) is 0 Å². The third-order valence-corrected chi connectivity index (χ3v) is 4.26. The molecule has 0 aliphatic heterocycles. The van der Waals surface area contributed by atoms with E-state index in [0.29, 0.717) is 12.0 Å². The average molecular weight is 290 g/mol. The van der Waals surface area contributed by atoms with Crippen LogP contribution in [0.5, 0.6) is 0 Å². The summed E-state index contributed by atoms with van der Waals surface area (Å²) in [6.45, 7) is 14.6. The molecule has 1 unspecified atom stereocenters. The summed E-state index contributed by atoms with van der Waals surface area (Å²) in [5.74, 6) is 1.42. The quantitative estimate of drug-likeness (QED) is 0.693. The highest BCUT2D eigenvalue weighted by Gasteiger charge is 2.12. The van der Waals surface area contributed by atoms with Gasteiger partial charge in [-0.25, -0.2) is 0 Å². The molecule has 2 heteroatoms. The lowest BCUT2D eigenvalue weighted by molar-refractivity contribution is 0.200. The molecule has 0 aromatic heterocycles. The highest BCUT2D eigenvalue weighted by Crippen LogP contribution is 2.13. The van der Waals surface area contributed by atoms with Gasteiger partial charge in [0.15, 0.2) is 0 Å². The zero-order valence-electron chi connectivity index (χ0n) is 14.8. The molecule has 0 amide bonds. The zero-order valence-corrected chi connectivity index (χ0v) is 14.8. The summed E-state index contributed by atoms with van der Waals surface area (Å²) < 4.78 is 0. The summed E-state index contributed by atoms with van der Waals surface area (Å²) in [5.41, 5.74) is 2.83. The molecule has 0 bridgehead atoms. The fourth-order valence-electron chi connectivity index (χ4n) is 2.38. The molecule has 1 atom stereocenters. The molecule has 1 aromatic carbocycles. The van der Waals surface area contributed by atoms with Crippen molar-refractivity contribution in [1.82, 2.24) is 10.2 Å². The number of nitrogens with one attached hydrogen (secondary N) is 1. The number of hydrogen-bond acceptors (Lipinski definition) is 2. The van der Waals surface area contributed by atoms with Crippen LogP contribution < -0.4 is 5.32 Å². The fourth-order valence-corrected chi connectivity index (χ4v) is 2.38. The van der Waals surface area contributed by atoms with Crippen LogP contribution in [0.3, 0.4) is 0 Å².